The first-order valence-corrected chi connectivity index (χ1v) is 7.22. The molecule has 0 aliphatic carbocycles. The summed E-state index contributed by atoms with van der Waals surface area (Å²) in [5.41, 5.74) is 1.10. The summed E-state index contributed by atoms with van der Waals surface area (Å²) in [4.78, 5) is 5.85. The first-order valence-electron chi connectivity index (χ1n) is 6.40. The molecule has 0 saturated heterocycles. The predicted molar refractivity (Wildman–Crippen MR) is 75.1 cm³/mol. The van der Waals surface area contributed by atoms with E-state index in [2.05, 4.69) is 31.1 Å². The molecule has 0 radical (unpaired) electrons. The highest BCUT2D eigenvalue weighted by Crippen LogP contribution is 2.25. The third kappa shape index (κ3) is 4.65. The van der Waals surface area contributed by atoms with E-state index in [0.717, 1.165) is 30.2 Å². The number of methoxy groups -OCH3 is 1. The van der Waals surface area contributed by atoms with Crippen LogP contribution in [0.1, 0.15) is 41.9 Å². The predicted octanol–water partition coefficient (Wildman–Crippen LogP) is 2.06. The zero-order valence-corrected chi connectivity index (χ0v) is 12.5. The maximum atomic E-state index is 8.91. The number of nitrogens with one attached hydrogen (secondary N) is 1. The summed E-state index contributed by atoms with van der Waals surface area (Å²) in [5.74, 6) is 0. The number of rotatable bonds is 8. The number of aryl methyl sites for hydroxylation is 1. The van der Waals surface area contributed by atoms with Crippen molar-refractivity contribution in [2.75, 3.05) is 20.3 Å². The van der Waals surface area contributed by atoms with Gasteiger partial charge in [-0.05, 0) is 27.2 Å². The van der Waals surface area contributed by atoms with Gasteiger partial charge in [0.25, 0.3) is 0 Å². The Bertz CT molecular complexity index is 355. The number of aliphatic hydroxyl groups is 1. The molecule has 0 aromatic carbocycles. The van der Waals surface area contributed by atoms with Gasteiger partial charge in [0.15, 0.2) is 0 Å². The van der Waals surface area contributed by atoms with Gasteiger partial charge in [-0.1, -0.05) is 0 Å². The molecule has 0 bridgehead atoms. The molecular weight excluding hydrogens is 248 g/mol. The van der Waals surface area contributed by atoms with Crippen LogP contribution in [-0.4, -0.2) is 36.5 Å². The first-order chi connectivity index (χ1) is 8.58. The van der Waals surface area contributed by atoms with Crippen LogP contribution in [-0.2, 0) is 11.2 Å². The molecule has 1 aromatic rings. The van der Waals surface area contributed by atoms with Gasteiger partial charge in [-0.2, -0.15) is 0 Å². The maximum Gasteiger partial charge on any atom is 0.0954 e. The molecule has 1 heterocycles. The smallest absolute Gasteiger partial charge is 0.0954 e. The minimum absolute atomic E-state index is 0.224. The Balaban J connectivity index is 2.61. The molecule has 0 aliphatic rings. The third-order valence-corrected chi connectivity index (χ3v) is 4.29. The van der Waals surface area contributed by atoms with Gasteiger partial charge < -0.3 is 15.2 Å². The second-order valence-electron chi connectivity index (χ2n) is 4.60. The van der Waals surface area contributed by atoms with Crippen LogP contribution in [0, 0.1) is 6.92 Å². The lowest BCUT2D eigenvalue weighted by molar-refractivity contribution is 0.202. The quantitative estimate of drug-likeness (QED) is 0.760. The fourth-order valence-corrected chi connectivity index (χ4v) is 3.00. The topological polar surface area (TPSA) is 54.4 Å². The van der Waals surface area contributed by atoms with E-state index in [4.69, 9.17) is 9.84 Å². The van der Waals surface area contributed by atoms with Crippen molar-refractivity contribution in [2.45, 2.75) is 45.7 Å². The van der Waals surface area contributed by atoms with Gasteiger partial charge in [0.05, 0.1) is 17.3 Å². The Labute approximate surface area is 113 Å². The molecule has 18 heavy (non-hydrogen) atoms. The average Bonchev–Trinajstić information content (AvgIpc) is 2.68. The van der Waals surface area contributed by atoms with Crippen molar-refractivity contribution in [2.24, 2.45) is 0 Å². The Kier molecular flexibility index (Phi) is 6.78. The molecule has 2 N–H and O–H groups in total. The Morgan fingerprint density at radius 2 is 2.17 bits per heavy atom. The summed E-state index contributed by atoms with van der Waals surface area (Å²) in [6.45, 7) is 7.23. The van der Waals surface area contributed by atoms with Gasteiger partial charge in [-0.15, -0.1) is 11.3 Å². The lowest BCUT2D eigenvalue weighted by Crippen LogP contribution is -2.29. The van der Waals surface area contributed by atoms with Crippen molar-refractivity contribution in [3.8, 4) is 0 Å². The van der Waals surface area contributed by atoms with E-state index in [-0.39, 0.29) is 12.6 Å². The van der Waals surface area contributed by atoms with Crippen LogP contribution in [0.5, 0.6) is 0 Å². The number of hydrogen-bond donors (Lipinski definition) is 2. The SMILES string of the molecule is COCCc1nc(C)c(C(C)NC(C)CCO)s1. The van der Waals surface area contributed by atoms with Gasteiger partial charge in [0, 0.05) is 37.1 Å². The molecule has 0 saturated carbocycles. The fourth-order valence-electron chi connectivity index (χ4n) is 1.94. The maximum absolute atomic E-state index is 8.91. The van der Waals surface area contributed by atoms with Gasteiger partial charge in [0.2, 0.25) is 0 Å². The third-order valence-electron chi connectivity index (χ3n) is 2.89. The Morgan fingerprint density at radius 1 is 1.44 bits per heavy atom. The highest BCUT2D eigenvalue weighted by Gasteiger charge is 2.15. The summed E-state index contributed by atoms with van der Waals surface area (Å²) in [6.07, 6.45) is 1.65. The normalized spacial score (nSPS) is 14.7. The molecule has 0 aliphatic heterocycles. The molecular formula is C13H24N2O2S. The summed E-state index contributed by atoms with van der Waals surface area (Å²) >= 11 is 1.75. The largest absolute Gasteiger partial charge is 0.396 e. The van der Waals surface area contributed by atoms with Crippen LogP contribution in [0.25, 0.3) is 0 Å². The summed E-state index contributed by atoms with van der Waals surface area (Å²) in [6, 6.07) is 0.592. The molecule has 2 unspecified atom stereocenters. The molecule has 0 amide bonds. The summed E-state index contributed by atoms with van der Waals surface area (Å²) in [5, 5.41) is 13.5. The number of nitrogens with zero attached hydrogens (tertiary/aromatic N) is 1. The average molecular weight is 272 g/mol. The van der Waals surface area contributed by atoms with Gasteiger partial charge in [0.1, 0.15) is 0 Å². The highest BCUT2D eigenvalue weighted by atomic mass is 32.1. The van der Waals surface area contributed by atoms with E-state index in [1.54, 1.807) is 18.4 Å². The number of aromatic nitrogens is 1. The lowest BCUT2D eigenvalue weighted by Gasteiger charge is -2.18. The monoisotopic (exact) mass is 272 g/mol. The minimum Gasteiger partial charge on any atom is -0.396 e. The fraction of sp³-hybridized carbons (Fsp3) is 0.769. The van der Waals surface area contributed by atoms with Crippen molar-refractivity contribution in [1.29, 1.82) is 0 Å². The minimum atomic E-state index is 0.224. The highest BCUT2D eigenvalue weighted by molar-refractivity contribution is 7.11. The summed E-state index contributed by atoms with van der Waals surface area (Å²) in [7, 11) is 1.71. The number of aliphatic hydroxyl groups excluding tert-OH is 1. The molecule has 104 valence electrons. The van der Waals surface area contributed by atoms with Crippen molar-refractivity contribution in [3.05, 3.63) is 15.6 Å². The van der Waals surface area contributed by atoms with Crippen molar-refractivity contribution in [1.82, 2.24) is 10.3 Å². The zero-order valence-electron chi connectivity index (χ0n) is 11.7. The second-order valence-corrected chi connectivity index (χ2v) is 5.72. The Morgan fingerprint density at radius 3 is 2.78 bits per heavy atom. The Hall–Kier alpha value is -0.490. The number of ether oxygens (including phenoxy) is 1. The molecule has 4 nitrogen and oxygen atoms in total. The van der Waals surface area contributed by atoms with Crippen molar-refractivity contribution in [3.63, 3.8) is 0 Å². The number of hydrogen-bond acceptors (Lipinski definition) is 5. The van der Waals surface area contributed by atoms with Gasteiger partial charge in [-0.25, -0.2) is 4.98 Å². The van der Waals surface area contributed by atoms with Crippen molar-refractivity contribution >= 4 is 11.3 Å². The van der Waals surface area contributed by atoms with Gasteiger partial charge in [-0.3, -0.25) is 0 Å². The van der Waals surface area contributed by atoms with Crippen LogP contribution in [0.15, 0.2) is 0 Å². The molecule has 5 heteroatoms. The van der Waals surface area contributed by atoms with Gasteiger partial charge >= 0.3 is 0 Å². The summed E-state index contributed by atoms with van der Waals surface area (Å²) < 4.78 is 5.08. The first kappa shape index (κ1) is 15.6. The second kappa shape index (κ2) is 7.84. The van der Waals surface area contributed by atoms with Crippen LogP contribution in [0.2, 0.25) is 0 Å². The number of thiazole rings is 1. The van der Waals surface area contributed by atoms with E-state index in [0.29, 0.717) is 6.04 Å². The van der Waals surface area contributed by atoms with E-state index >= 15 is 0 Å². The van der Waals surface area contributed by atoms with Crippen LogP contribution >= 0.6 is 11.3 Å². The molecule has 1 aromatic heterocycles. The zero-order chi connectivity index (χ0) is 13.5. The van der Waals surface area contributed by atoms with Crippen LogP contribution in [0.3, 0.4) is 0 Å². The van der Waals surface area contributed by atoms with E-state index < -0.39 is 0 Å². The molecule has 1 rings (SSSR count). The van der Waals surface area contributed by atoms with E-state index in [1.807, 2.05) is 0 Å². The molecule has 0 spiro atoms. The van der Waals surface area contributed by atoms with E-state index in [9.17, 15) is 0 Å². The molecule has 2 atom stereocenters. The molecule has 0 fully saturated rings. The lowest BCUT2D eigenvalue weighted by atomic mass is 10.2. The van der Waals surface area contributed by atoms with E-state index in [1.165, 1.54) is 4.88 Å². The van der Waals surface area contributed by atoms with Crippen molar-refractivity contribution < 1.29 is 9.84 Å². The van der Waals surface area contributed by atoms with Crippen LogP contribution < -0.4 is 5.32 Å². The standard InChI is InChI=1S/C13H24N2O2S/c1-9(5-7-16)14-10(2)13-11(3)15-12(18-13)6-8-17-4/h9-10,14,16H,5-8H2,1-4H3. The van der Waals surface area contributed by atoms with Crippen LogP contribution in [0.4, 0.5) is 0 Å².